The third-order valence-electron chi connectivity index (χ3n) is 4.47. The topological polar surface area (TPSA) is 45.9 Å². The summed E-state index contributed by atoms with van der Waals surface area (Å²) < 4.78 is 11.3. The number of nitrogens with zero attached hydrogens (tertiary/aromatic N) is 2. The predicted octanol–water partition coefficient (Wildman–Crippen LogP) is 2.70. The van der Waals surface area contributed by atoms with Crippen molar-refractivity contribution < 1.29 is 13.9 Å². The molecule has 0 N–H and O–H groups in total. The molecule has 0 aliphatic carbocycles. The molecule has 5 nitrogen and oxygen atoms in total. The van der Waals surface area contributed by atoms with Crippen molar-refractivity contribution in [2.24, 2.45) is 0 Å². The Hall–Kier alpha value is -2.11. The lowest BCUT2D eigenvalue weighted by atomic mass is 10.1. The molecule has 1 aromatic carbocycles. The average Bonchev–Trinajstić information content (AvgIpc) is 3.10. The van der Waals surface area contributed by atoms with Crippen LogP contribution in [0.5, 0.6) is 0 Å². The lowest BCUT2D eigenvalue weighted by Gasteiger charge is -2.38. The van der Waals surface area contributed by atoms with E-state index in [2.05, 4.69) is 24.0 Å². The molecule has 5 heteroatoms. The van der Waals surface area contributed by atoms with Crippen LogP contribution in [0, 0.1) is 0 Å². The van der Waals surface area contributed by atoms with Crippen molar-refractivity contribution >= 4 is 5.91 Å². The van der Waals surface area contributed by atoms with Crippen molar-refractivity contribution in [2.75, 3.05) is 26.7 Å². The molecule has 1 amide bonds. The number of carbonyl (C=O) groups excluding carboxylic acids is 1. The highest BCUT2D eigenvalue weighted by molar-refractivity contribution is 5.78. The van der Waals surface area contributed by atoms with Crippen molar-refractivity contribution in [3.05, 3.63) is 60.1 Å². The van der Waals surface area contributed by atoms with Gasteiger partial charge in [-0.25, -0.2) is 0 Å². The van der Waals surface area contributed by atoms with Crippen LogP contribution in [0.2, 0.25) is 0 Å². The van der Waals surface area contributed by atoms with Crippen LogP contribution in [0.4, 0.5) is 0 Å². The number of morpholine rings is 1. The minimum absolute atomic E-state index is 0.0191. The molecule has 1 aliphatic heterocycles. The normalized spacial score (nSPS) is 21.6. The fraction of sp³-hybridized carbons (Fsp3) is 0.421. The van der Waals surface area contributed by atoms with Gasteiger partial charge in [0, 0.05) is 19.6 Å². The molecule has 0 spiro atoms. The highest BCUT2D eigenvalue weighted by Crippen LogP contribution is 2.24. The zero-order valence-corrected chi connectivity index (χ0v) is 14.2. The summed E-state index contributed by atoms with van der Waals surface area (Å²) in [6.07, 6.45) is 1.65. The second-order valence-electron chi connectivity index (χ2n) is 6.34. The molecule has 0 bridgehead atoms. The molecule has 24 heavy (non-hydrogen) atoms. The monoisotopic (exact) mass is 328 g/mol. The van der Waals surface area contributed by atoms with Crippen LogP contribution in [-0.4, -0.2) is 48.5 Å². The van der Waals surface area contributed by atoms with Crippen LogP contribution in [0.1, 0.15) is 24.4 Å². The quantitative estimate of drug-likeness (QED) is 0.847. The first kappa shape index (κ1) is 16.7. The van der Waals surface area contributed by atoms with E-state index in [9.17, 15) is 4.79 Å². The summed E-state index contributed by atoms with van der Waals surface area (Å²) in [6.45, 7) is 4.35. The third kappa shape index (κ3) is 4.04. The van der Waals surface area contributed by atoms with E-state index in [0.29, 0.717) is 19.7 Å². The van der Waals surface area contributed by atoms with Gasteiger partial charge in [-0.05, 0) is 24.6 Å². The molecule has 2 heterocycles. The summed E-state index contributed by atoms with van der Waals surface area (Å²) in [4.78, 5) is 16.4. The molecule has 0 radical (unpaired) electrons. The molecule has 2 aromatic rings. The fourth-order valence-corrected chi connectivity index (χ4v) is 2.92. The van der Waals surface area contributed by atoms with Gasteiger partial charge in [-0.2, -0.15) is 0 Å². The number of hydrogen-bond donors (Lipinski definition) is 0. The van der Waals surface area contributed by atoms with Gasteiger partial charge in [0.25, 0.3) is 0 Å². The van der Waals surface area contributed by atoms with E-state index >= 15 is 0 Å². The molecule has 128 valence electrons. The number of ether oxygens (including phenoxy) is 1. The average molecular weight is 328 g/mol. The molecule has 0 saturated carbocycles. The Balaban J connectivity index is 1.59. The van der Waals surface area contributed by atoms with Crippen molar-refractivity contribution in [3.8, 4) is 0 Å². The zero-order valence-electron chi connectivity index (χ0n) is 14.2. The van der Waals surface area contributed by atoms with E-state index in [4.69, 9.17) is 9.15 Å². The Morgan fingerprint density at radius 2 is 2.04 bits per heavy atom. The first-order chi connectivity index (χ1) is 11.6. The Morgan fingerprint density at radius 1 is 1.25 bits per heavy atom. The highest BCUT2D eigenvalue weighted by atomic mass is 16.5. The smallest absolute Gasteiger partial charge is 0.236 e. The molecular formula is C19H24N2O3. The van der Waals surface area contributed by atoms with Crippen LogP contribution in [-0.2, 0) is 16.1 Å². The maximum absolute atomic E-state index is 12.5. The maximum atomic E-state index is 12.5. The van der Waals surface area contributed by atoms with Gasteiger partial charge in [-0.15, -0.1) is 0 Å². The van der Waals surface area contributed by atoms with E-state index in [1.54, 1.807) is 11.2 Å². The minimum atomic E-state index is 0.0191. The summed E-state index contributed by atoms with van der Waals surface area (Å²) >= 11 is 0. The Bertz CT molecular complexity index is 642. The number of benzene rings is 1. The number of rotatable bonds is 5. The van der Waals surface area contributed by atoms with Crippen molar-refractivity contribution in [1.82, 2.24) is 9.80 Å². The molecule has 1 fully saturated rings. The van der Waals surface area contributed by atoms with Crippen molar-refractivity contribution in [1.29, 1.82) is 0 Å². The van der Waals surface area contributed by atoms with Gasteiger partial charge in [0.2, 0.25) is 5.91 Å². The Labute approximate surface area is 142 Å². The van der Waals surface area contributed by atoms with E-state index in [1.807, 2.05) is 37.4 Å². The van der Waals surface area contributed by atoms with Crippen LogP contribution in [0.15, 0.2) is 53.1 Å². The highest BCUT2D eigenvalue weighted by Gasteiger charge is 2.29. The standard InChI is InChI=1S/C19H24N2O3/c1-15-14-24-18(16-7-4-3-5-8-16)12-21(15)13-19(22)20(2)11-17-9-6-10-23-17/h3-10,15,18H,11-14H2,1-2H3/t15-,18-/m1/s1. The molecule has 1 aliphatic rings. The second-order valence-corrected chi connectivity index (χ2v) is 6.34. The van der Waals surface area contributed by atoms with Gasteiger partial charge in [0.1, 0.15) is 5.76 Å². The van der Waals surface area contributed by atoms with Gasteiger partial charge in [-0.1, -0.05) is 30.3 Å². The predicted molar refractivity (Wildman–Crippen MR) is 91.4 cm³/mol. The minimum Gasteiger partial charge on any atom is -0.467 e. The Morgan fingerprint density at radius 3 is 2.75 bits per heavy atom. The number of hydrogen-bond acceptors (Lipinski definition) is 4. The van der Waals surface area contributed by atoms with E-state index < -0.39 is 0 Å². The van der Waals surface area contributed by atoms with Crippen LogP contribution in [0.25, 0.3) is 0 Å². The van der Waals surface area contributed by atoms with E-state index in [1.165, 1.54) is 0 Å². The van der Waals surface area contributed by atoms with Gasteiger partial charge < -0.3 is 14.1 Å². The summed E-state index contributed by atoms with van der Waals surface area (Å²) in [5.74, 6) is 0.884. The number of likely N-dealkylation sites (N-methyl/N-ethyl adjacent to an activating group) is 1. The number of furan rings is 1. The molecule has 0 unspecified atom stereocenters. The first-order valence-electron chi connectivity index (χ1n) is 8.30. The Kier molecular flexibility index (Phi) is 5.33. The molecule has 3 rings (SSSR count). The molecule has 1 saturated heterocycles. The van der Waals surface area contributed by atoms with Gasteiger partial charge in [0.05, 0.1) is 32.1 Å². The lowest BCUT2D eigenvalue weighted by Crippen LogP contribution is -2.49. The lowest BCUT2D eigenvalue weighted by molar-refractivity contribution is -0.136. The zero-order chi connectivity index (χ0) is 16.9. The van der Waals surface area contributed by atoms with Gasteiger partial charge >= 0.3 is 0 Å². The van der Waals surface area contributed by atoms with Crippen LogP contribution < -0.4 is 0 Å². The third-order valence-corrected chi connectivity index (χ3v) is 4.47. The van der Waals surface area contributed by atoms with E-state index in [0.717, 1.165) is 17.9 Å². The van der Waals surface area contributed by atoms with Crippen molar-refractivity contribution in [3.63, 3.8) is 0 Å². The summed E-state index contributed by atoms with van der Waals surface area (Å²) in [5.41, 5.74) is 1.16. The van der Waals surface area contributed by atoms with Gasteiger partial charge in [-0.3, -0.25) is 9.69 Å². The number of carbonyl (C=O) groups is 1. The molecular weight excluding hydrogens is 304 g/mol. The van der Waals surface area contributed by atoms with Gasteiger partial charge in [0.15, 0.2) is 0 Å². The van der Waals surface area contributed by atoms with Crippen molar-refractivity contribution in [2.45, 2.75) is 25.6 Å². The number of amides is 1. The van der Waals surface area contributed by atoms with Crippen LogP contribution in [0.3, 0.4) is 0 Å². The molecule has 2 atom stereocenters. The van der Waals surface area contributed by atoms with E-state index in [-0.39, 0.29) is 18.1 Å². The first-order valence-corrected chi connectivity index (χ1v) is 8.30. The summed E-state index contributed by atoms with van der Waals surface area (Å²) in [6, 6.07) is 14.1. The SMILES string of the molecule is C[C@@H]1CO[C@@H](c2ccccc2)CN1CC(=O)N(C)Cc1ccco1. The summed E-state index contributed by atoms with van der Waals surface area (Å²) in [5, 5.41) is 0. The van der Waals surface area contributed by atoms with Crippen LogP contribution >= 0.6 is 0 Å². The molecule has 1 aromatic heterocycles. The largest absolute Gasteiger partial charge is 0.467 e. The second kappa shape index (κ2) is 7.64. The fourth-order valence-electron chi connectivity index (χ4n) is 2.92. The summed E-state index contributed by atoms with van der Waals surface area (Å²) in [7, 11) is 1.81. The maximum Gasteiger partial charge on any atom is 0.236 e.